The maximum Gasteiger partial charge on any atom is 0.335 e. The van der Waals surface area contributed by atoms with E-state index in [4.69, 9.17) is 0 Å². The number of unbranched alkanes of at least 4 members (excludes halogenated alkanes) is 1. The second-order valence-electron chi connectivity index (χ2n) is 9.86. The highest BCUT2D eigenvalue weighted by Gasteiger charge is 2.51. The summed E-state index contributed by atoms with van der Waals surface area (Å²) < 4.78 is 0. The summed E-state index contributed by atoms with van der Waals surface area (Å²) in [6, 6.07) is 5.30. The highest BCUT2D eigenvalue weighted by molar-refractivity contribution is 5.94. The van der Waals surface area contributed by atoms with Crippen LogP contribution < -0.4 is 0 Å². The highest BCUT2D eigenvalue weighted by atomic mass is 16.4. The first-order chi connectivity index (χ1) is 14.6. The van der Waals surface area contributed by atoms with Gasteiger partial charge in [-0.25, -0.2) is 4.79 Å². The first kappa shape index (κ1) is 20.1. The van der Waals surface area contributed by atoms with Gasteiger partial charge in [0.25, 0.3) is 0 Å². The van der Waals surface area contributed by atoms with Gasteiger partial charge in [0.05, 0.1) is 11.7 Å². The number of carboxylic acid groups (broad SMARTS) is 1. The Labute approximate surface area is 178 Å². The minimum Gasteiger partial charge on any atom is -0.478 e. The van der Waals surface area contributed by atoms with Crippen molar-refractivity contribution < 1.29 is 15.0 Å². The summed E-state index contributed by atoms with van der Waals surface area (Å²) in [5.41, 5.74) is 2.57. The summed E-state index contributed by atoms with van der Waals surface area (Å²) in [5.74, 6) is 1.75. The fourth-order valence-electron chi connectivity index (χ4n) is 6.80. The number of benzene rings is 1. The number of nitrogens with one attached hydrogen (secondary N) is 1. The molecule has 2 heterocycles. The smallest absolute Gasteiger partial charge is 0.335 e. The lowest BCUT2D eigenvalue weighted by Crippen LogP contribution is -2.43. The SMILES string of the molecule is O=C(O)c1ccc2[nH]cc(CCCCN3CCC4C(C3)C(O)C3CCCCC34)c2c1. The van der Waals surface area contributed by atoms with E-state index in [1.807, 2.05) is 12.3 Å². The van der Waals surface area contributed by atoms with Gasteiger partial charge >= 0.3 is 5.97 Å². The van der Waals surface area contributed by atoms with E-state index in [1.165, 1.54) is 44.2 Å². The molecule has 3 aliphatic rings. The fraction of sp³-hybridized carbons (Fsp3) is 0.640. The zero-order valence-electron chi connectivity index (χ0n) is 17.7. The number of piperidine rings is 1. The summed E-state index contributed by atoms with van der Waals surface area (Å²) in [5, 5.41) is 21.2. The van der Waals surface area contributed by atoms with Crippen molar-refractivity contribution in [3.8, 4) is 0 Å². The Morgan fingerprint density at radius 3 is 2.70 bits per heavy atom. The molecule has 2 aromatic rings. The van der Waals surface area contributed by atoms with Crippen LogP contribution in [0.4, 0.5) is 0 Å². The van der Waals surface area contributed by atoms with Crippen molar-refractivity contribution in [2.45, 2.75) is 57.5 Å². The predicted octanol–water partition coefficient (Wildman–Crippen LogP) is 4.31. The molecule has 0 bridgehead atoms. The van der Waals surface area contributed by atoms with E-state index in [2.05, 4.69) is 9.88 Å². The van der Waals surface area contributed by atoms with Crippen LogP contribution in [0.15, 0.2) is 24.4 Å². The molecule has 1 aromatic heterocycles. The Bertz CT molecular complexity index is 907. The van der Waals surface area contributed by atoms with Crippen LogP contribution in [0.5, 0.6) is 0 Å². The van der Waals surface area contributed by atoms with Crippen LogP contribution in [0.3, 0.4) is 0 Å². The van der Waals surface area contributed by atoms with Crippen molar-refractivity contribution in [1.82, 2.24) is 9.88 Å². The molecule has 1 aliphatic heterocycles. The van der Waals surface area contributed by atoms with Crippen molar-refractivity contribution in [1.29, 1.82) is 0 Å². The number of hydrogen-bond acceptors (Lipinski definition) is 3. The van der Waals surface area contributed by atoms with Gasteiger partial charge < -0.3 is 20.1 Å². The Morgan fingerprint density at radius 1 is 1.07 bits per heavy atom. The van der Waals surface area contributed by atoms with Gasteiger partial charge in [0.1, 0.15) is 0 Å². The number of rotatable bonds is 6. The third kappa shape index (κ3) is 3.67. The number of fused-ring (bicyclic) bond motifs is 4. The molecule has 5 nitrogen and oxygen atoms in total. The monoisotopic (exact) mass is 410 g/mol. The molecule has 5 heteroatoms. The minimum absolute atomic E-state index is 0.0715. The zero-order valence-corrected chi connectivity index (χ0v) is 17.7. The summed E-state index contributed by atoms with van der Waals surface area (Å²) in [7, 11) is 0. The largest absolute Gasteiger partial charge is 0.478 e. The highest BCUT2D eigenvalue weighted by Crippen LogP contribution is 2.52. The van der Waals surface area contributed by atoms with Crippen molar-refractivity contribution in [3.63, 3.8) is 0 Å². The number of aromatic amines is 1. The van der Waals surface area contributed by atoms with Crippen LogP contribution in [-0.4, -0.2) is 51.8 Å². The predicted molar refractivity (Wildman–Crippen MR) is 118 cm³/mol. The lowest BCUT2D eigenvalue weighted by Gasteiger charge is -2.38. The van der Waals surface area contributed by atoms with E-state index in [0.717, 1.165) is 55.1 Å². The number of aryl methyl sites for hydroxylation is 1. The van der Waals surface area contributed by atoms with E-state index in [-0.39, 0.29) is 6.10 Å². The lowest BCUT2D eigenvalue weighted by atomic mass is 9.75. The van der Waals surface area contributed by atoms with Crippen molar-refractivity contribution in [3.05, 3.63) is 35.5 Å². The van der Waals surface area contributed by atoms with Gasteiger partial charge in [-0.3, -0.25) is 0 Å². The van der Waals surface area contributed by atoms with Gasteiger partial charge in [0, 0.05) is 29.6 Å². The van der Waals surface area contributed by atoms with Crippen molar-refractivity contribution in [2.75, 3.05) is 19.6 Å². The van der Waals surface area contributed by atoms with E-state index >= 15 is 0 Å². The van der Waals surface area contributed by atoms with Crippen LogP contribution >= 0.6 is 0 Å². The molecule has 1 aromatic carbocycles. The number of aromatic carboxylic acids is 1. The normalized spacial score (nSPS) is 31.6. The number of aliphatic hydroxyl groups is 1. The third-order valence-corrected chi connectivity index (χ3v) is 8.28. The first-order valence-electron chi connectivity index (χ1n) is 11.9. The third-order valence-electron chi connectivity index (χ3n) is 8.28. The van der Waals surface area contributed by atoms with Crippen LogP contribution in [0.2, 0.25) is 0 Å². The molecule has 0 radical (unpaired) electrons. The summed E-state index contributed by atoms with van der Waals surface area (Å²) in [6.45, 7) is 3.37. The van der Waals surface area contributed by atoms with E-state index in [0.29, 0.717) is 17.4 Å². The Balaban J connectivity index is 1.13. The standard InChI is InChI=1S/C25H34N2O3/c28-24-20-7-2-1-6-18(20)19-10-12-27(15-22(19)24)11-4-3-5-17-14-26-23-9-8-16(25(29)30)13-21(17)23/h8-9,13-14,18-20,22,24,26,28H,1-7,10-12,15H2,(H,29,30). The zero-order chi connectivity index (χ0) is 20.7. The molecule has 0 spiro atoms. The lowest BCUT2D eigenvalue weighted by molar-refractivity contribution is 0.0364. The molecule has 30 heavy (non-hydrogen) atoms. The number of carboxylic acids is 1. The number of carbonyl (C=O) groups is 1. The fourth-order valence-corrected chi connectivity index (χ4v) is 6.80. The molecule has 5 atom stereocenters. The average Bonchev–Trinajstić information content (AvgIpc) is 3.30. The van der Waals surface area contributed by atoms with Gasteiger partial charge in [-0.2, -0.15) is 0 Å². The molecular formula is C25H34N2O3. The summed E-state index contributed by atoms with van der Waals surface area (Å²) in [4.78, 5) is 17.1. The molecular weight excluding hydrogens is 376 g/mol. The second kappa shape index (κ2) is 8.35. The van der Waals surface area contributed by atoms with E-state index < -0.39 is 5.97 Å². The molecule has 3 N–H and O–H groups in total. The molecule has 1 saturated heterocycles. The molecule has 5 rings (SSSR count). The van der Waals surface area contributed by atoms with Crippen LogP contribution in [-0.2, 0) is 6.42 Å². The van der Waals surface area contributed by atoms with Gasteiger partial charge in [-0.05, 0) is 93.1 Å². The molecule has 2 aliphatic carbocycles. The van der Waals surface area contributed by atoms with Gasteiger partial charge in [-0.1, -0.05) is 12.8 Å². The number of aromatic nitrogens is 1. The molecule has 3 fully saturated rings. The van der Waals surface area contributed by atoms with Crippen LogP contribution in [0.1, 0.15) is 60.9 Å². The number of nitrogens with zero attached hydrogens (tertiary/aromatic N) is 1. The Kier molecular flexibility index (Phi) is 5.59. The molecule has 5 unspecified atom stereocenters. The van der Waals surface area contributed by atoms with E-state index in [9.17, 15) is 15.0 Å². The maximum atomic E-state index is 11.3. The van der Waals surface area contributed by atoms with Gasteiger partial charge in [0.2, 0.25) is 0 Å². The number of likely N-dealkylation sites (tertiary alicyclic amines) is 1. The van der Waals surface area contributed by atoms with Crippen LogP contribution in [0, 0.1) is 23.7 Å². The maximum absolute atomic E-state index is 11.3. The van der Waals surface area contributed by atoms with Crippen LogP contribution in [0.25, 0.3) is 10.9 Å². The van der Waals surface area contributed by atoms with Crippen molar-refractivity contribution in [2.24, 2.45) is 23.7 Å². The van der Waals surface area contributed by atoms with E-state index in [1.54, 1.807) is 12.1 Å². The summed E-state index contributed by atoms with van der Waals surface area (Å²) >= 11 is 0. The minimum atomic E-state index is -0.874. The summed E-state index contributed by atoms with van der Waals surface area (Å²) in [6.07, 6.45) is 11.7. The van der Waals surface area contributed by atoms with Gasteiger partial charge in [0.15, 0.2) is 0 Å². The topological polar surface area (TPSA) is 76.6 Å². The molecule has 162 valence electrons. The molecule has 2 saturated carbocycles. The quantitative estimate of drug-likeness (QED) is 0.620. The molecule has 0 amide bonds. The number of aliphatic hydroxyl groups excluding tert-OH is 1. The Morgan fingerprint density at radius 2 is 1.87 bits per heavy atom. The van der Waals surface area contributed by atoms with Gasteiger partial charge in [-0.15, -0.1) is 0 Å². The first-order valence-corrected chi connectivity index (χ1v) is 11.9. The van der Waals surface area contributed by atoms with Crippen molar-refractivity contribution >= 4 is 16.9 Å². The number of hydrogen-bond donors (Lipinski definition) is 3. The number of H-pyrrole nitrogens is 1. The second-order valence-corrected chi connectivity index (χ2v) is 9.86. The Hall–Kier alpha value is -1.85. The average molecular weight is 411 g/mol.